The molecule has 0 aliphatic heterocycles. The molecule has 27 heavy (non-hydrogen) atoms. The Labute approximate surface area is 177 Å². The third-order valence-corrected chi connectivity index (χ3v) is 5.44. The molecule has 2 aromatic carbocycles. The highest BCUT2D eigenvalue weighted by molar-refractivity contribution is 6.42. The number of nitrogens with zero attached hydrogens (tertiary/aromatic N) is 3. The van der Waals surface area contributed by atoms with Crippen LogP contribution in [0.4, 0.5) is 0 Å². The summed E-state index contributed by atoms with van der Waals surface area (Å²) in [5.74, 6) is 0. The molecular formula is C19H15Cl4N3O. The molecule has 0 aliphatic rings. The first-order valence-electron chi connectivity index (χ1n) is 8.07. The van der Waals surface area contributed by atoms with Gasteiger partial charge in [0.15, 0.2) is 6.04 Å². The normalized spacial score (nSPS) is 13.4. The van der Waals surface area contributed by atoms with Crippen molar-refractivity contribution in [3.63, 3.8) is 0 Å². The van der Waals surface area contributed by atoms with Gasteiger partial charge in [-0.3, -0.25) is 4.68 Å². The zero-order valence-electron chi connectivity index (χ0n) is 14.2. The van der Waals surface area contributed by atoms with Gasteiger partial charge in [-0.1, -0.05) is 52.5 Å². The molecule has 0 spiro atoms. The summed E-state index contributed by atoms with van der Waals surface area (Å²) in [6.45, 7) is 2.04. The fourth-order valence-electron chi connectivity index (χ4n) is 2.69. The molecule has 0 aliphatic carbocycles. The van der Waals surface area contributed by atoms with Crippen LogP contribution in [0.1, 0.15) is 24.1 Å². The SMILES string of the molecule is CC(c1ccc(Cl)c(Cl)c1)[N+]([O-])=C(Cn1cccn1)c1ccc(Cl)cc1Cl. The molecule has 0 radical (unpaired) electrons. The van der Waals surface area contributed by atoms with Gasteiger partial charge in [-0.25, -0.2) is 4.74 Å². The summed E-state index contributed by atoms with van der Waals surface area (Å²) in [4.78, 5) is 0. The molecule has 1 atom stereocenters. The zero-order valence-corrected chi connectivity index (χ0v) is 17.3. The monoisotopic (exact) mass is 441 g/mol. The molecule has 1 heterocycles. The summed E-state index contributed by atoms with van der Waals surface area (Å²) >= 11 is 24.5. The van der Waals surface area contributed by atoms with E-state index in [1.165, 1.54) is 0 Å². The minimum Gasteiger partial charge on any atom is -0.623 e. The van der Waals surface area contributed by atoms with E-state index in [2.05, 4.69) is 5.10 Å². The van der Waals surface area contributed by atoms with E-state index >= 15 is 0 Å². The second kappa shape index (κ2) is 8.53. The van der Waals surface area contributed by atoms with E-state index in [1.54, 1.807) is 66.5 Å². The Kier molecular flexibility index (Phi) is 6.33. The highest BCUT2D eigenvalue weighted by Gasteiger charge is 2.23. The zero-order chi connectivity index (χ0) is 19.6. The van der Waals surface area contributed by atoms with E-state index in [9.17, 15) is 5.21 Å². The van der Waals surface area contributed by atoms with Crippen LogP contribution in [-0.4, -0.2) is 20.2 Å². The molecule has 1 unspecified atom stereocenters. The summed E-state index contributed by atoms with van der Waals surface area (Å²) in [5, 5.41) is 19.2. The standard InChI is InChI=1S/C19H15Cl4N3O/c1-12(13-3-6-16(21)18(23)9-13)26(27)19(11-25-8-2-7-24-25)15-5-4-14(20)10-17(15)22/h2-10,12H,11H2,1H3. The van der Waals surface area contributed by atoms with Crippen LogP contribution in [0.25, 0.3) is 0 Å². The van der Waals surface area contributed by atoms with Gasteiger partial charge < -0.3 is 5.21 Å². The summed E-state index contributed by atoms with van der Waals surface area (Å²) in [7, 11) is 0. The molecule has 0 N–H and O–H groups in total. The fourth-order valence-corrected chi connectivity index (χ4v) is 3.51. The van der Waals surface area contributed by atoms with Crippen molar-refractivity contribution in [1.82, 2.24) is 9.78 Å². The summed E-state index contributed by atoms with van der Waals surface area (Å²) in [6.07, 6.45) is 3.43. The van der Waals surface area contributed by atoms with Crippen molar-refractivity contribution >= 4 is 52.1 Å². The second-order valence-electron chi connectivity index (χ2n) is 5.95. The highest BCUT2D eigenvalue weighted by Crippen LogP contribution is 2.28. The van der Waals surface area contributed by atoms with Crippen molar-refractivity contribution in [3.05, 3.63) is 91.3 Å². The first-order valence-corrected chi connectivity index (χ1v) is 9.58. The maximum Gasteiger partial charge on any atom is 0.218 e. The smallest absolute Gasteiger partial charge is 0.218 e. The number of rotatable bonds is 5. The number of hydrogen-bond donors (Lipinski definition) is 0. The first-order chi connectivity index (χ1) is 12.9. The molecule has 0 bridgehead atoms. The van der Waals surface area contributed by atoms with Crippen LogP contribution < -0.4 is 0 Å². The van der Waals surface area contributed by atoms with Crippen molar-refractivity contribution in [2.24, 2.45) is 0 Å². The molecule has 1 aromatic heterocycles. The van der Waals surface area contributed by atoms with Crippen LogP contribution in [0.15, 0.2) is 54.9 Å². The Bertz CT molecular complexity index is 987. The number of benzene rings is 2. The summed E-state index contributed by atoms with van der Waals surface area (Å²) in [5.41, 5.74) is 1.79. The third-order valence-electron chi connectivity index (χ3n) is 4.16. The van der Waals surface area contributed by atoms with Crippen LogP contribution in [0.2, 0.25) is 20.1 Å². The van der Waals surface area contributed by atoms with Crippen molar-refractivity contribution in [2.75, 3.05) is 0 Å². The van der Waals surface area contributed by atoms with Crippen molar-refractivity contribution in [2.45, 2.75) is 19.5 Å². The number of aromatic nitrogens is 2. The number of hydroxylamine groups is 1. The van der Waals surface area contributed by atoms with Crippen LogP contribution in [0.5, 0.6) is 0 Å². The lowest BCUT2D eigenvalue weighted by atomic mass is 10.1. The van der Waals surface area contributed by atoms with Gasteiger partial charge in [-0.2, -0.15) is 5.10 Å². The Morgan fingerprint density at radius 3 is 2.48 bits per heavy atom. The predicted molar refractivity (Wildman–Crippen MR) is 111 cm³/mol. The molecule has 3 aromatic rings. The first kappa shape index (κ1) is 20.0. The van der Waals surface area contributed by atoms with E-state index in [1.807, 2.05) is 0 Å². The largest absolute Gasteiger partial charge is 0.623 e. The number of hydrogen-bond acceptors (Lipinski definition) is 2. The molecule has 0 saturated heterocycles. The molecule has 140 valence electrons. The summed E-state index contributed by atoms with van der Waals surface area (Å²) < 4.78 is 2.57. The molecule has 0 fully saturated rings. The Hall–Kier alpha value is -1.72. The lowest BCUT2D eigenvalue weighted by molar-refractivity contribution is -0.504. The van der Waals surface area contributed by atoms with Crippen molar-refractivity contribution in [3.8, 4) is 0 Å². The molecule has 3 rings (SSSR count). The Morgan fingerprint density at radius 2 is 1.85 bits per heavy atom. The molecule has 4 nitrogen and oxygen atoms in total. The van der Waals surface area contributed by atoms with Crippen LogP contribution in [-0.2, 0) is 6.54 Å². The quantitative estimate of drug-likeness (QED) is 0.202. The Morgan fingerprint density at radius 1 is 1.07 bits per heavy atom. The average Bonchev–Trinajstić information content (AvgIpc) is 3.14. The fraction of sp³-hybridized carbons (Fsp3) is 0.158. The minimum atomic E-state index is -0.517. The van der Waals surface area contributed by atoms with Gasteiger partial charge >= 0.3 is 0 Å². The maximum absolute atomic E-state index is 13.3. The lowest BCUT2D eigenvalue weighted by Gasteiger charge is -2.19. The van der Waals surface area contributed by atoms with Crippen LogP contribution in [0.3, 0.4) is 0 Å². The van der Waals surface area contributed by atoms with E-state index in [0.717, 1.165) is 10.3 Å². The maximum atomic E-state index is 13.3. The van der Waals surface area contributed by atoms with E-state index in [4.69, 9.17) is 46.4 Å². The van der Waals surface area contributed by atoms with Gasteiger partial charge in [0.25, 0.3) is 0 Å². The van der Waals surface area contributed by atoms with E-state index in [-0.39, 0.29) is 6.54 Å². The van der Waals surface area contributed by atoms with Gasteiger partial charge in [0.05, 0.1) is 20.6 Å². The topological polar surface area (TPSA) is 43.9 Å². The van der Waals surface area contributed by atoms with Crippen molar-refractivity contribution in [1.29, 1.82) is 0 Å². The molecular weight excluding hydrogens is 428 g/mol. The minimum absolute atomic E-state index is 0.253. The summed E-state index contributed by atoms with van der Waals surface area (Å²) in [6, 6.07) is 11.5. The number of halogens is 4. The third kappa shape index (κ3) is 4.58. The average molecular weight is 443 g/mol. The van der Waals surface area contributed by atoms with Gasteiger partial charge in [0.2, 0.25) is 5.71 Å². The van der Waals surface area contributed by atoms with Crippen LogP contribution in [0, 0.1) is 5.21 Å². The highest BCUT2D eigenvalue weighted by atomic mass is 35.5. The van der Waals surface area contributed by atoms with Crippen molar-refractivity contribution < 1.29 is 4.74 Å². The Balaban J connectivity index is 2.10. The molecule has 0 saturated carbocycles. The van der Waals surface area contributed by atoms with Gasteiger partial charge in [0.1, 0.15) is 6.54 Å². The molecule has 8 heteroatoms. The van der Waals surface area contributed by atoms with Gasteiger partial charge in [-0.15, -0.1) is 0 Å². The van der Waals surface area contributed by atoms with Gasteiger partial charge in [0, 0.05) is 29.9 Å². The van der Waals surface area contributed by atoms with Gasteiger partial charge in [-0.05, 0) is 36.4 Å². The molecule has 0 amide bonds. The van der Waals surface area contributed by atoms with Crippen LogP contribution >= 0.6 is 46.4 Å². The predicted octanol–water partition coefficient (Wildman–Crippen LogP) is 6.26. The van der Waals surface area contributed by atoms with E-state index < -0.39 is 6.04 Å². The second-order valence-corrected chi connectivity index (χ2v) is 7.61. The van der Waals surface area contributed by atoms with E-state index in [0.29, 0.717) is 31.4 Å². The lowest BCUT2D eigenvalue weighted by Crippen LogP contribution is -2.25.